The van der Waals surface area contributed by atoms with Gasteiger partial charge in [-0.05, 0) is 42.1 Å². The van der Waals surface area contributed by atoms with Gasteiger partial charge >= 0.3 is 5.97 Å². The lowest BCUT2D eigenvalue weighted by Gasteiger charge is -2.08. The van der Waals surface area contributed by atoms with Gasteiger partial charge in [-0.25, -0.2) is 9.18 Å². The van der Waals surface area contributed by atoms with Crippen LogP contribution in [0.15, 0.2) is 42.5 Å². The predicted octanol–water partition coefficient (Wildman–Crippen LogP) is 4.39. The fourth-order valence-electron chi connectivity index (χ4n) is 2.44. The maximum atomic E-state index is 14.0. The van der Waals surface area contributed by atoms with Gasteiger partial charge in [0, 0.05) is 4.70 Å². The van der Waals surface area contributed by atoms with Crippen molar-refractivity contribution in [3.05, 3.63) is 64.3 Å². The number of benzene rings is 2. The first kappa shape index (κ1) is 16.1. The van der Waals surface area contributed by atoms with E-state index in [1.54, 1.807) is 0 Å². The summed E-state index contributed by atoms with van der Waals surface area (Å²) >= 11 is 1.35. The normalized spacial score (nSPS) is 10.6. The number of amides is 1. The lowest BCUT2D eigenvalue weighted by Crippen LogP contribution is -2.13. The molecule has 0 aliphatic rings. The second-order valence-electron chi connectivity index (χ2n) is 5.19. The summed E-state index contributed by atoms with van der Waals surface area (Å²) in [5.74, 6) is -1.62. The Morgan fingerprint density at radius 2 is 1.92 bits per heavy atom. The molecule has 0 fully saturated rings. The number of hydrogen-bond acceptors (Lipinski definition) is 4. The zero-order chi connectivity index (χ0) is 17.3. The first-order valence-corrected chi connectivity index (χ1v) is 8.00. The van der Waals surface area contributed by atoms with Crippen molar-refractivity contribution >= 4 is 39.0 Å². The van der Waals surface area contributed by atoms with Crippen molar-refractivity contribution < 1.29 is 18.7 Å². The fourth-order valence-corrected chi connectivity index (χ4v) is 3.54. The number of nitrogens with one attached hydrogen (secondary N) is 1. The molecule has 3 aromatic rings. The molecule has 0 unspecified atom stereocenters. The Hall–Kier alpha value is -2.73. The zero-order valence-corrected chi connectivity index (χ0v) is 13.9. The highest BCUT2D eigenvalue weighted by Gasteiger charge is 2.18. The maximum absolute atomic E-state index is 14.0. The summed E-state index contributed by atoms with van der Waals surface area (Å²) in [5, 5.41) is 3.53. The number of carbonyl (C=O) groups is 2. The number of thiophene rings is 1. The van der Waals surface area contributed by atoms with Crippen LogP contribution in [0.25, 0.3) is 10.1 Å². The summed E-state index contributed by atoms with van der Waals surface area (Å²) in [6.07, 6.45) is 0. The number of fused-ring (bicyclic) bond motifs is 1. The first-order valence-electron chi connectivity index (χ1n) is 7.18. The molecule has 3 rings (SSSR count). The minimum absolute atomic E-state index is 0.0558. The first-order chi connectivity index (χ1) is 11.5. The molecule has 0 atom stereocenters. The van der Waals surface area contributed by atoms with Crippen LogP contribution in [0, 0.1) is 12.7 Å². The van der Waals surface area contributed by atoms with E-state index in [4.69, 9.17) is 0 Å². The quantitative estimate of drug-likeness (QED) is 0.718. The highest BCUT2D eigenvalue weighted by molar-refractivity contribution is 7.21. The summed E-state index contributed by atoms with van der Waals surface area (Å²) in [6, 6.07) is 11.4. The van der Waals surface area contributed by atoms with E-state index in [9.17, 15) is 14.0 Å². The van der Waals surface area contributed by atoms with Gasteiger partial charge in [0.15, 0.2) is 0 Å². The van der Waals surface area contributed by atoms with Crippen LogP contribution in [0.5, 0.6) is 0 Å². The predicted molar refractivity (Wildman–Crippen MR) is 92.3 cm³/mol. The monoisotopic (exact) mass is 343 g/mol. The lowest BCUT2D eigenvalue weighted by molar-refractivity contribution is 0.0600. The largest absolute Gasteiger partial charge is 0.465 e. The summed E-state index contributed by atoms with van der Waals surface area (Å²) in [5.41, 5.74) is 0.958. The number of halogens is 1. The van der Waals surface area contributed by atoms with Crippen LogP contribution in [-0.2, 0) is 4.74 Å². The Bertz CT molecular complexity index is 949. The zero-order valence-electron chi connectivity index (χ0n) is 13.1. The van der Waals surface area contributed by atoms with Gasteiger partial charge in [-0.3, -0.25) is 4.79 Å². The van der Waals surface area contributed by atoms with Gasteiger partial charge in [-0.1, -0.05) is 18.2 Å². The van der Waals surface area contributed by atoms with E-state index in [-0.39, 0.29) is 11.3 Å². The molecule has 0 aliphatic heterocycles. The molecule has 1 aromatic heterocycles. The molecule has 0 spiro atoms. The fraction of sp³-hybridized carbons (Fsp3) is 0.111. The van der Waals surface area contributed by atoms with Gasteiger partial charge in [0.1, 0.15) is 5.82 Å². The highest BCUT2D eigenvalue weighted by atomic mass is 32.1. The minimum atomic E-state index is -0.616. The van der Waals surface area contributed by atoms with Crippen molar-refractivity contribution in [1.29, 1.82) is 0 Å². The molecule has 122 valence electrons. The molecular weight excluding hydrogens is 329 g/mol. The molecule has 4 nitrogen and oxygen atoms in total. The Kier molecular flexibility index (Phi) is 4.31. The Balaban J connectivity index is 1.94. The molecule has 0 saturated carbocycles. The second kappa shape index (κ2) is 6.41. The molecule has 0 saturated heterocycles. The molecule has 1 N–H and O–H groups in total. The maximum Gasteiger partial charge on any atom is 0.337 e. The van der Waals surface area contributed by atoms with E-state index in [0.29, 0.717) is 4.88 Å². The van der Waals surface area contributed by atoms with Gasteiger partial charge in [0.05, 0.1) is 23.2 Å². The number of ether oxygens (including phenoxy) is 1. The van der Waals surface area contributed by atoms with Crippen LogP contribution in [0.3, 0.4) is 0 Å². The van der Waals surface area contributed by atoms with E-state index < -0.39 is 17.7 Å². The molecule has 1 heterocycles. The van der Waals surface area contributed by atoms with Gasteiger partial charge in [-0.15, -0.1) is 11.3 Å². The van der Waals surface area contributed by atoms with E-state index in [2.05, 4.69) is 10.1 Å². The van der Waals surface area contributed by atoms with Crippen LogP contribution in [-0.4, -0.2) is 19.0 Å². The summed E-state index contributed by atoms with van der Waals surface area (Å²) in [6.45, 7) is 1.86. The van der Waals surface area contributed by atoms with Crippen LogP contribution in [0.4, 0.5) is 10.1 Å². The molecule has 2 aromatic carbocycles. The molecule has 0 radical (unpaired) electrons. The Morgan fingerprint density at radius 1 is 1.17 bits per heavy atom. The molecule has 0 aliphatic carbocycles. The van der Waals surface area contributed by atoms with E-state index in [1.807, 2.05) is 31.2 Å². The van der Waals surface area contributed by atoms with Gasteiger partial charge in [0.2, 0.25) is 0 Å². The van der Waals surface area contributed by atoms with Crippen molar-refractivity contribution in [2.45, 2.75) is 6.92 Å². The number of rotatable bonds is 3. The molecule has 24 heavy (non-hydrogen) atoms. The molecular formula is C18H14FNO3S. The van der Waals surface area contributed by atoms with Crippen molar-refractivity contribution in [1.82, 2.24) is 0 Å². The van der Waals surface area contributed by atoms with Gasteiger partial charge in [0.25, 0.3) is 5.91 Å². The standard InChI is InChI=1S/C18H14FNO3S/c1-10-12-5-3-4-6-15(12)24-16(10)17(21)20-14-9-11(18(22)23-2)7-8-13(14)19/h3-9H,1-2H3,(H,20,21). The molecule has 0 bridgehead atoms. The van der Waals surface area contributed by atoms with Crippen LogP contribution < -0.4 is 5.32 Å². The van der Waals surface area contributed by atoms with E-state index >= 15 is 0 Å². The van der Waals surface area contributed by atoms with Crippen molar-refractivity contribution in [3.63, 3.8) is 0 Å². The summed E-state index contributed by atoms with van der Waals surface area (Å²) < 4.78 is 19.6. The van der Waals surface area contributed by atoms with Gasteiger partial charge in [-0.2, -0.15) is 0 Å². The van der Waals surface area contributed by atoms with Gasteiger partial charge < -0.3 is 10.1 Å². The van der Waals surface area contributed by atoms with Crippen molar-refractivity contribution in [2.75, 3.05) is 12.4 Å². The Labute approximate surface area is 141 Å². The number of anilines is 1. The third kappa shape index (κ3) is 2.88. The highest BCUT2D eigenvalue weighted by Crippen LogP contribution is 2.31. The SMILES string of the molecule is COC(=O)c1ccc(F)c(NC(=O)c2sc3ccccc3c2C)c1. The number of carbonyl (C=O) groups excluding carboxylic acids is 2. The lowest BCUT2D eigenvalue weighted by atomic mass is 10.1. The average Bonchev–Trinajstić information content (AvgIpc) is 2.93. The van der Waals surface area contributed by atoms with E-state index in [0.717, 1.165) is 21.7 Å². The van der Waals surface area contributed by atoms with Crippen molar-refractivity contribution in [2.24, 2.45) is 0 Å². The average molecular weight is 343 g/mol. The number of aryl methyl sites for hydroxylation is 1. The van der Waals surface area contributed by atoms with Crippen LogP contribution >= 0.6 is 11.3 Å². The van der Waals surface area contributed by atoms with Crippen LogP contribution in [0.2, 0.25) is 0 Å². The number of esters is 1. The van der Waals surface area contributed by atoms with Crippen molar-refractivity contribution in [3.8, 4) is 0 Å². The van der Waals surface area contributed by atoms with Crippen LogP contribution in [0.1, 0.15) is 25.6 Å². The number of hydrogen-bond donors (Lipinski definition) is 1. The molecule has 6 heteroatoms. The topological polar surface area (TPSA) is 55.4 Å². The number of methoxy groups -OCH3 is 1. The molecule has 1 amide bonds. The summed E-state index contributed by atoms with van der Waals surface area (Å²) in [7, 11) is 1.24. The smallest absolute Gasteiger partial charge is 0.337 e. The third-order valence-corrected chi connectivity index (χ3v) is 4.96. The third-order valence-electron chi connectivity index (χ3n) is 3.69. The minimum Gasteiger partial charge on any atom is -0.465 e. The van der Waals surface area contributed by atoms with E-state index in [1.165, 1.54) is 30.6 Å². The summed E-state index contributed by atoms with van der Waals surface area (Å²) in [4.78, 5) is 24.6. The second-order valence-corrected chi connectivity index (χ2v) is 6.24. The Morgan fingerprint density at radius 3 is 2.62 bits per heavy atom.